The molecule has 0 unspecified atom stereocenters. The van der Waals surface area contributed by atoms with Gasteiger partial charge in [-0.2, -0.15) is 0 Å². The third-order valence-corrected chi connectivity index (χ3v) is 2.79. The Balaban J connectivity index is 0.00000242. The molecule has 1 atom stereocenters. The van der Waals surface area contributed by atoms with E-state index in [2.05, 4.69) is 4.74 Å². The van der Waals surface area contributed by atoms with Crippen LogP contribution < -0.4 is 10.5 Å². The highest BCUT2D eigenvalue weighted by atomic mass is 35.5. The highest BCUT2D eigenvalue weighted by molar-refractivity contribution is 5.85. The molecular weight excluding hydrogens is 329 g/mol. The maximum atomic E-state index is 13.6. The van der Waals surface area contributed by atoms with Crippen molar-refractivity contribution in [3.63, 3.8) is 0 Å². The van der Waals surface area contributed by atoms with E-state index < -0.39 is 29.8 Å². The number of benzene rings is 2. The monoisotopic (exact) mass is 339 g/mol. The summed E-state index contributed by atoms with van der Waals surface area (Å²) in [6, 6.07) is 7.19. The maximum absolute atomic E-state index is 13.6. The number of nitrogens with two attached hydrogens (primary N) is 1. The predicted molar refractivity (Wildman–Crippen MR) is 72.8 cm³/mol. The first-order valence-electron chi connectivity index (χ1n) is 5.83. The average molecular weight is 340 g/mol. The molecule has 0 spiro atoms. The van der Waals surface area contributed by atoms with Crippen LogP contribution >= 0.6 is 12.4 Å². The molecule has 2 aromatic rings. The Morgan fingerprint density at radius 2 is 1.55 bits per heavy atom. The van der Waals surface area contributed by atoms with Crippen molar-refractivity contribution in [1.82, 2.24) is 0 Å². The van der Waals surface area contributed by atoms with Crippen LogP contribution in [0.2, 0.25) is 0 Å². The van der Waals surface area contributed by atoms with E-state index in [1.54, 1.807) is 0 Å². The molecule has 0 aromatic heterocycles. The van der Waals surface area contributed by atoms with Crippen LogP contribution in [0, 0.1) is 11.6 Å². The zero-order valence-electron chi connectivity index (χ0n) is 10.9. The zero-order chi connectivity index (χ0) is 15.6. The molecule has 22 heavy (non-hydrogen) atoms. The van der Waals surface area contributed by atoms with E-state index in [1.807, 2.05) is 0 Å². The Morgan fingerprint density at radius 3 is 2.09 bits per heavy atom. The van der Waals surface area contributed by atoms with Crippen molar-refractivity contribution in [2.75, 3.05) is 0 Å². The summed E-state index contributed by atoms with van der Waals surface area (Å²) >= 11 is 0. The molecule has 0 aliphatic carbocycles. The van der Waals surface area contributed by atoms with E-state index in [1.165, 1.54) is 24.3 Å². The fourth-order valence-corrected chi connectivity index (χ4v) is 1.82. The van der Waals surface area contributed by atoms with Crippen LogP contribution in [0.5, 0.6) is 5.75 Å². The molecule has 120 valence electrons. The van der Waals surface area contributed by atoms with E-state index in [-0.39, 0.29) is 18.0 Å². The van der Waals surface area contributed by atoms with Gasteiger partial charge in [0, 0.05) is 5.56 Å². The normalized spacial score (nSPS) is 12.5. The minimum Gasteiger partial charge on any atom is -0.406 e. The molecule has 2 nitrogen and oxygen atoms in total. The first kappa shape index (κ1) is 18.2. The van der Waals surface area contributed by atoms with Gasteiger partial charge in [0.2, 0.25) is 0 Å². The van der Waals surface area contributed by atoms with Crippen molar-refractivity contribution < 1.29 is 26.7 Å². The molecule has 0 amide bonds. The fraction of sp³-hybridized carbons (Fsp3) is 0.143. The van der Waals surface area contributed by atoms with Gasteiger partial charge in [0.25, 0.3) is 0 Å². The lowest BCUT2D eigenvalue weighted by Gasteiger charge is -2.15. The summed E-state index contributed by atoms with van der Waals surface area (Å²) in [4.78, 5) is 0. The van der Waals surface area contributed by atoms with E-state index in [0.29, 0.717) is 5.56 Å². The van der Waals surface area contributed by atoms with Crippen LogP contribution in [0.25, 0.3) is 0 Å². The summed E-state index contributed by atoms with van der Waals surface area (Å²) in [6.07, 6.45) is -4.79. The van der Waals surface area contributed by atoms with Gasteiger partial charge in [0.05, 0.1) is 6.04 Å². The minimum atomic E-state index is -4.79. The molecule has 0 fully saturated rings. The predicted octanol–water partition coefficient (Wildman–Crippen LogP) is 4.33. The molecule has 2 rings (SSSR count). The first-order valence-corrected chi connectivity index (χ1v) is 5.83. The van der Waals surface area contributed by atoms with Gasteiger partial charge < -0.3 is 10.5 Å². The van der Waals surface area contributed by atoms with Gasteiger partial charge >= 0.3 is 6.36 Å². The summed E-state index contributed by atoms with van der Waals surface area (Å²) in [5.74, 6) is -2.54. The second-order valence-electron chi connectivity index (χ2n) is 4.24. The van der Waals surface area contributed by atoms with Gasteiger partial charge in [0.1, 0.15) is 5.75 Å². The summed E-state index contributed by atoms with van der Waals surface area (Å²) < 4.78 is 66.5. The second kappa shape index (κ2) is 6.93. The molecule has 8 heteroatoms. The summed E-state index contributed by atoms with van der Waals surface area (Å²) in [5, 5.41) is 0. The van der Waals surface area contributed by atoms with Gasteiger partial charge in [0.15, 0.2) is 11.6 Å². The standard InChI is InChI=1S/C14H10F5NO.ClH/c15-11-3-1-2-10(12(11)16)13(20)8-4-6-9(7-5-8)21-14(17,18)19;/h1-7,13H,20H2;1H/t13-;/m0./s1. The van der Waals surface area contributed by atoms with Gasteiger partial charge in [-0.1, -0.05) is 24.3 Å². The molecular formula is C14H11ClF5NO. The minimum absolute atomic E-state index is 0. The Bertz CT molecular complexity index is 630. The third kappa shape index (κ3) is 4.32. The van der Waals surface area contributed by atoms with Crippen molar-refractivity contribution in [3.05, 3.63) is 65.2 Å². The lowest BCUT2D eigenvalue weighted by molar-refractivity contribution is -0.274. The number of hydrogen-bond donors (Lipinski definition) is 1. The number of alkyl halides is 3. The van der Waals surface area contributed by atoms with Crippen LogP contribution in [0.15, 0.2) is 42.5 Å². The molecule has 0 heterocycles. The summed E-state index contributed by atoms with van der Waals surface area (Å²) in [6.45, 7) is 0. The zero-order valence-corrected chi connectivity index (χ0v) is 11.7. The molecule has 0 aliphatic heterocycles. The molecule has 2 aromatic carbocycles. The van der Waals surface area contributed by atoms with Crippen LogP contribution in [0.4, 0.5) is 22.0 Å². The van der Waals surface area contributed by atoms with Crippen molar-refractivity contribution in [2.45, 2.75) is 12.4 Å². The highest BCUT2D eigenvalue weighted by Crippen LogP contribution is 2.27. The quantitative estimate of drug-likeness (QED) is 0.845. The van der Waals surface area contributed by atoms with E-state index in [4.69, 9.17) is 5.73 Å². The summed E-state index contributed by atoms with van der Waals surface area (Å²) in [7, 11) is 0. The Labute approximate surface area is 129 Å². The molecule has 0 radical (unpaired) electrons. The largest absolute Gasteiger partial charge is 0.573 e. The third-order valence-electron chi connectivity index (χ3n) is 2.79. The van der Waals surface area contributed by atoms with Crippen LogP contribution in [0.3, 0.4) is 0 Å². The first-order chi connectivity index (χ1) is 9.78. The van der Waals surface area contributed by atoms with Gasteiger partial charge in [-0.25, -0.2) is 8.78 Å². The number of halogens is 6. The lowest BCUT2D eigenvalue weighted by atomic mass is 9.99. The lowest BCUT2D eigenvalue weighted by Crippen LogP contribution is -2.17. The maximum Gasteiger partial charge on any atom is 0.573 e. The fourth-order valence-electron chi connectivity index (χ4n) is 1.82. The topological polar surface area (TPSA) is 35.2 Å². The Morgan fingerprint density at radius 1 is 0.955 bits per heavy atom. The molecule has 0 saturated carbocycles. The number of hydrogen-bond acceptors (Lipinski definition) is 2. The van der Waals surface area contributed by atoms with Gasteiger partial charge in [-0.15, -0.1) is 25.6 Å². The number of ether oxygens (including phenoxy) is 1. The molecule has 0 saturated heterocycles. The van der Waals surface area contributed by atoms with Crippen LogP contribution in [0.1, 0.15) is 17.2 Å². The van der Waals surface area contributed by atoms with Crippen LogP contribution in [-0.4, -0.2) is 6.36 Å². The molecule has 0 bridgehead atoms. The van der Waals surface area contributed by atoms with E-state index in [9.17, 15) is 22.0 Å². The smallest absolute Gasteiger partial charge is 0.406 e. The second-order valence-corrected chi connectivity index (χ2v) is 4.24. The van der Waals surface area contributed by atoms with E-state index >= 15 is 0 Å². The van der Waals surface area contributed by atoms with Crippen molar-refractivity contribution in [3.8, 4) is 5.75 Å². The molecule has 0 aliphatic rings. The molecule has 2 N–H and O–H groups in total. The Kier molecular flexibility index (Phi) is 5.73. The van der Waals surface area contributed by atoms with Gasteiger partial charge in [-0.05, 0) is 23.8 Å². The number of rotatable bonds is 3. The van der Waals surface area contributed by atoms with Crippen molar-refractivity contribution in [1.29, 1.82) is 0 Å². The SMILES string of the molecule is Cl.N[C@@H](c1ccc(OC(F)(F)F)cc1)c1cccc(F)c1F. The van der Waals surface area contributed by atoms with Gasteiger partial charge in [-0.3, -0.25) is 0 Å². The highest BCUT2D eigenvalue weighted by Gasteiger charge is 2.31. The van der Waals surface area contributed by atoms with Crippen molar-refractivity contribution in [2.24, 2.45) is 5.73 Å². The van der Waals surface area contributed by atoms with Crippen LogP contribution in [-0.2, 0) is 0 Å². The van der Waals surface area contributed by atoms with E-state index in [0.717, 1.165) is 18.2 Å². The average Bonchev–Trinajstić information content (AvgIpc) is 2.40. The summed E-state index contributed by atoms with van der Waals surface area (Å²) in [5.41, 5.74) is 6.04. The van der Waals surface area contributed by atoms with Crippen molar-refractivity contribution >= 4 is 12.4 Å². The Hall–Kier alpha value is -1.86.